The molecule has 0 radical (unpaired) electrons. The average Bonchev–Trinajstić information content (AvgIpc) is 0.777. The molecule has 8 aliphatic rings. The van der Waals surface area contributed by atoms with Crippen LogP contribution < -0.4 is 10.6 Å². The Kier molecular flexibility index (Phi) is 27.9. The van der Waals surface area contributed by atoms with Gasteiger partial charge in [0.05, 0.1) is 52.9 Å². The van der Waals surface area contributed by atoms with E-state index in [4.69, 9.17) is 71.1 Å². The van der Waals surface area contributed by atoms with Crippen LogP contribution >= 0.6 is 0 Å². The molecule has 0 aromatic heterocycles. The van der Waals surface area contributed by atoms with Crippen molar-refractivity contribution in [3.63, 3.8) is 0 Å². The largest absolute Gasteiger partial charge is 0.394 e. The number of hydrogen-bond acceptors (Lipinski definition) is 41. The topological polar surface area (TPSA) is 682 Å². The van der Waals surface area contributed by atoms with Crippen molar-refractivity contribution in [2.45, 2.75) is 259 Å². The van der Waals surface area contributed by atoms with Crippen molar-refractivity contribution in [1.82, 2.24) is 10.6 Å². The molecular weight excluding hydrogens is 1310 g/mol. The second-order valence-electron chi connectivity index (χ2n) is 23.9. The van der Waals surface area contributed by atoms with Crippen molar-refractivity contribution in [3.05, 3.63) is 0 Å². The lowest BCUT2D eigenvalue weighted by molar-refractivity contribution is -0.398. The molecule has 8 heterocycles. The molecule has 0 aromatic carbocycles. The van der Waals surface area contributed by atoms with E-state index in [1.807, 2.05) is 0 Å². The normalized spacial score (nSPS) is 50.8. The van der Waals surface area contributed by atoms with Crippen molar-refractivity contribution in [2.24, 2.45) is 0 Å². The molecule has 552 valence electrons. The number of aliphatic hydroxyl groups excluding tert-OH is 24. The molecule has 1 unspecified atom stereocenters. The summed E-state index contributed by atoms with van der Waals surface area (Å²) in [5.41, 5.74) is 0. The van der Waals surface area contributed by atoms with Crippen LogP contribution in [0.4, 0.5) is 0 Å². The Morgan fingerprint density at radius 3 is 1.00 bits per heavy atom. The molecule has 0 saturated carbocycles. The molecule has 0 spiro atoms. The summed E-state index contributed by atoms with van der Waals surface area (Å²) in [4.78, 5) is 25.1. The minimum absolute atomic E-state index is 0.815. The second-order valence-corrected chi connectivity index (χ2v) is 23.9. The fourth-order valence-corrected chi connectivity index (χ4v) is 12.2. The van der Waals surface area contributed by atoms with E-state index in [9.17, 15) is 132 Å². The van der Waals surface area contributed by atoms with Gasteiger partial charge in [-0.05, 0) is 0 Å². The molecular formula is C52H88N2O41. The van der Waals surface area contributed by atoms with Gasteiger partial charge in [0, 0.05) is 13.8 Å². The van der Waals surface area contributed by atoms with Crippen molar-refractivity contribution < 1.29 is 203 Å². The van der Waals surface area contributed by atoms with Crippen LogP contribution in [0.25, 0.3) is 0 Å². The van der Waals surface area contributed by atoms with E-state index in [-0.39, 0.29) is 0 Å². The first kappa shape index (κ1) is 78.1. The molecule has 40 atom stereocenters. The summed E-state index contributed by atoms with van der Waals surface area (Å²) < 4.78 is 86.3. The summed E-state index contributed by atoms with van der Waals surface area (Å²) in [6.07, 6.45) is -77.3. The summed E-state index contributed by atoms with van der Waals surface area (Å²) in [6.45, 7) is -6.39. The third-order valence-corrected chi connectivity index (χ3v) is 17.4. The highest BCUT2D eigenvalue weighted by Gasteiger charge is 2.60. The van der Waals surface area contributed by atoms with Gasteiger partial charge in [0.15, 0.2) is 50.3 Å². The lowest BCUT2D eigenvalue weighted by atomic mass is 9.94. The minimum Gasteiger partial charge on any atom is -0.394 e. The second kappa shape index (κ2) is 33.9. The van der Waals surface area contributed by atoms with E-state index in [1.54, 1.807) is 0 Å². The summed E-state index contributed by atoms with van der Waals surface area (Å²) in [5, 5.41) is 266. The van der Waals surface area contributed by atoms with Gasteiger partial charge in [0.1, 0.15) is 195 Å². The Morgan fingerprint density at radius 2 is 0.568 bits per heavy atom. The summed E-state index contributed by atoms with van der Waals surface area (Å²) in [7, 11) is 0. The van der Waals surface area contributed by atoms with Gasteiger partial charge < -0.3 is 204 Å². The van der Waals surface area contributed by atoms with Gasteiger partial charge in [-0.15, -0.1) is 0 Å². The zero-order valence-electron chi connectivity index (χ0n) is 50.4. The fourth-order valence-electron chi connectivity index (χ4n) is 12.2. The number of rotatable bonds is 24. The van der Waals surface area contributed by atoms with Gasteiger partial charge in [-0.3, -0.25) is 9.59 Å². The first-order valence-electron chi connectivity index (χ1n) is 30.1. The highest BCUT2D eigenvalue weighted by molar-refractivity contribution is 5.73. The van der Waals surface area contributed by atoms with Crippen LogP contribution in [0.1, 0.15) is 13.8 Å². The number of ether oxygens (including phenoxy) is 15. The first-order valence-corrected chi connectivity index (χ1v) is 30.1. The first-order chi connectivity index (χ1) is 45.0. The van der Waals surface area contributed by atoms with Gasteiger partial charge >= 0.3 is 0 Å². The lowest BCUT2D eigenvalue weighted by Crippen LogP contribution is -2.70. The number of aliphatic hydroxyl groups is 24. The number of hydrogen-bond donors (Lipinski definition) is 26. The smallest absolute Gasteiger partial charge is 0.217 e. The number of amides is 2. The van der Waals surface area contributed by atoms with E-state index in [2.05, 4.69) is 10.6 Å². The Morgan fingerprint density at radius 1 is 0.274 bits per heavy atom. The maximum Gasteiger partial charge on any atom is 0.217 e. The SMILES string of the molecule is CC(=O)N[C@H]1[C@H](O[C@@H]2[C@@H](O[C@@H]3[C@H](O)[C@H](O[C@H]4[C@H](O)[C@@H](NC(C)=O)C(O)O[C@@H]4CO)O[C@H](CO[C@H]4O[C@H](CO)[C@@H](O)[C@H](O[C@H]5O[C@H](CO)[C@@H](O)[C@H](O)[C@@H]5O)[C@@H]4O)[C@H]3O)O[C@H](CO)[C@@H](O)[C@@H]2O)O[C@H](CO)[C@@H](O[C@@H]2O[C@H](CO)[C@H](O)[C@H](O[C@H]3O[C@H](CO)[C@H](O)[C@H](O)[C@H]3O)[C@@H]2O)[C@@H]1O. The molecule has 2 amide bonds. The lowest BCUT2D eigenvalue weighted by Gasteiger charge is -2.51. The third-order valence-electron chi connectivity index (χ3n) is 17.4. The quantitative estimate of drug-likeness (QED) is 0.0427. The number of carbonyl (C=O) groups is 2. The molecule has 26 N–H and O–H groups in total. The molecule has 43 heteroatoms. The van der Waals surface area contributed by atoms with E-state index < -0.39 is 310 Å². The maximum absolute atomic E-state index is 12.9. The van der Waals surface area contributed by atoms with Crippen LogP contribution in [0.2, 0.25) is 0 Å². The van der Waals surface area contributed by atoms with Crippen LogP contribution in [-0.2, 0) is 80.6 Å². The highest BCUT2D eigenvalue weighted by atomic mass is 16.8. The van der Waals surface area contributed by atoms with Crippen LogP contribution in [0.15, 0.2) is 0 Å². The molecule has 0 aromatic rings. The van der Waals surface area contributed by atoms with E-state index in [0.717, 1.165) is 13.8 Å². The maximum atomic E-state index is 12.9. The number of nitrogens with one attached hydrogen (secondary N) is 2. The van der Waals surface area contributed by atoms with E-state index >= 15 is 0 Å². The van der Waals surface area contributed by atoms with Crippen molar-refractivity contribution in [1.29, 1.82) is 0 Å². The molecule has 0 aliphatic carbocycles. The predicted molar refractivity (Wildman–Crippen MR) is 288 cm³/mol. The van der Waals surface area contributed by atoms with Crippen molar-refractivity contribution in [3.8, 4) is 0 Å². The average molecular weight is 1400 g/mol. The van der Waals surface area contributed by atoms with Gasteiger partial charge in [0.2, 0.25) is 11.8 Å². The Hall–Kier alpha value is -2.62. The van der Waals surface area contributed by atoms with Crippen LogP contribution in [0.3, 0.4) is 0 Å². The molecule has 8 saturated heterocycles. The van der Waals surface area contributed by atoms with Gasteiger partial charge in [-0.1, -0.05) is 0 Å². The van der Waals surface area contributed by atoms with Gasteiger partial charge in [-0.2, -0.15) is 0 Å². The predicted octanol–water partition coefficient (Wildman–Crippen LogP) is -18.2. The summed E-state index contributed by atoms with van der Waals surface area (Å²) in [5.74, 6) is -1.77. The van der Waals surface area contributed by atoms with Crippen LogP contribution in [0, 0.1) is 0 Å². The van der Waals surface area contributed by atoms with E-state index in [1.165, 1.54) is 0 Å². The van der Waals surface area contributed by atoms with Gasteiger partial charge in [-0.25, -0.2) is 0 Å². The molecule has 8 aliphatic heterocycles. The minimum atomic E-state index is -2.43. The molecule has 95 heavy (non-hydrogen) atoms. The zero-order chi connectivity index (χ0) is 69.9. The van der Waals surface area contributed by atoms with E-state index in [0.29, 0.717) is 0 Å². The monoisotopic (exact) mass is 1400 g/mol. The van der Waals surface area contributed by atoms with Crippen LogP contribution in [-0.4, -0.2) is 433 Å². The molecule has 43 nitrogen and oxygen atoms in total. The van der Waals surface area contributed by atoms with Crippen LogP contribution in [0.5, 0.6) is 0 Å². The summed E-state index contributed by atoms with van der Waals surface area (Å²) in [6, 6.07) is -3.67. The molecule has 8 rings (SSSR count). The fraction of sp³-hybridized carbons (Fsp3) is 0.962. The Labute approximate surface area is 536 Å². The van der Waals surface area contributed by atoms with Crippen molar-refractivity contribution in [2.75, 3.05) is 52.9 Å². The Balaban J connectivity index is 1.07. The molecule has 0 bridgehead atoms. The van der Waals surface area contributed by atoms with Gasteiger partial charge in [0.25, 0.3) is 0 Å². The zero-order valence-corrected chi connectivity index (χ0v) is 50.4. The van der Waals surface area contributed by atoms with Crippen molar-refractivity contribution >= 4 is 11.8 Å². The highest BCUT2D eigenvalue weighted by Crippen LogP contribution is 2.39. The standard InChI is InChI=1S/C52H88N2O41/c1-11(62)53-21-29(70)39(18(8-60)82-45(21)80)90-51-38(79)43(28(69)20(89-51)10-81-47-36(77)41(26(67)16(6-58)83-47)92-48-34(75)31(72)23(64)13(3-55)84-48)94-52-44(33(74)25(66)15(5-57)87-52)95-46-22(54-12(2)63)30(71)40(19(9-61)88-46)91-50-37(78)42(27(68)17(7-59)86-50)93-49-35(76)32(73)24(65)14(4-56)85-49/h13-52,55-61,64-80H,3-10H2,1-2H3,(H,53,62)(H,54,63)/t13-,14-,15-,16-,17-,18-,19-,20-,21-,22-,23-,24+,25-,26-,27+,28-,29-,30-,31+,32+,33+,34+,35-,36+,37+,38+,39-,40-,41+,42+,43+,44+,45?,46+,47+,48-,49-,50+,51+,52-/m1/s1. The number of carbonyl (C=O) groups excluding carboxylic acids is 2. The Bertz CT molecular complexity index is 2380. The third kappa shape index (κ3) is 16.8. The summed E-state index contributed by atoms with van der Waals surface area (Å²) >= 11 is 0. The molecule has 8 fully saturated rings.